The van der Waals surface area contributed by atoms with Gasteiger partial charge in [0.2, 0.25) is 0 Å². The highest BCUT2D eigenvalue weighted by Crippen LogP contribution is 1.95. The highest BCUT2D eigenvalue weighted by Gasteiger charge is 1.86. The van der Waals surface area contributed by atoms with Crippen molar-refractivity contribution >= 4 is 24.0 Å². The van der Waals surface area contributed by atoms with E-state index in [1.165, 1.54) is 12.1 Å². The van der Waals surface area contributed by atoms with E-state index in [1.807, 2.05) is 18.3 Å². The van der Waals surface area contributed by atoms with Crippen LogP contribution in [0.15, 0.2) is 24.4 Å². The van der Waals surface area contributed by atoms with Gasteiger partial charge in [-0.05, 0) is 18.6 Å². The molecule has 0 atom stereocenters. The molecule has 1 heterocycles. The molecule has 0 aromatic carbocycles. The van der Waals surface area contributed by atoms with Gasteiger partial charge in [-0.2, -0.15) is 0 Å². The fourth-order valence-electron chi connectivity index (χ4n) is 0.802. The summed E-state index contributed by atoms with van der Waals surface area (Å²) in [6, 6.07) is 6.03. The summed E-state index contributed by atoms with van der Waals surface area (Å²) < 4.78 is 0. The zero-order valence-electron chi connectivity index (χ0n) is 6.08. The highest BCUT2D eigenvalue weighted by atomic mass is 127. The van der Waals surface area contributed by atoms with E-state index in [2.05, 4.69) is 18.0 Å². The average molecular weight is 249 g/mol. The summed E-state index contributed by atoms with van der Waals surface area (Å²) in [5.41, 5.74) is 1.19. The molecule has 1 nitrogen and oxygen atoms in total. The molecule has 0 aliphatic carbocycles. The maximum absolute atomic E-state index is 4.17. The predicted octanol–water partition coefficient (Wildman–Crippen LogP) is 2.65. The van der Waals surface area contributed by atoms with Crippen molar-refractivity contribution in [3.05, 3.63) is 30.1 Å². The summed E-state index contributed by atoms with van der Waals surface area (Å²) in [5, 5.41) is 0. The third-order valence-corrected chi connectivity index (χ3v) is 1.23. The quantitative estimate of drug-likeness (QED) is 0.734. The van der Waals surface area contributed by atoms with Crippen LogP contribution in [0.2, 0.25) is 0 Å². The van der Waals surface area contributed by atoms with E-state index in [4.69, 9.17) is 0 Å². The van der Waals surface area contributed by atoms with Crippen LogP contribution in [-0.2, 0) is 6.42 Å². The Hall–Kier alpha value is -0.120. The van der Waals surface area contributed by atoms with Gasteiger partial charge in [0.15, 0.2) is 0 Å². The molecule has 1 aromatic heterocycles. The smallest absolute Gasteiger partial charge is 0.0403 e. The lowest BCUT2D eigenvalue weighted by molar-refractivity contribution is 0.883. The summed E-state index contributed by atoms with van der Waals surface area (Å²) >= 11 is 0. The Labute approximate surface area is 78.9 Å². The summed E-state index contributed by atoms with van der Waals surface area (Å²) in [6.07, 6.45) is 4.11. The minimum Gasteiger partial charge on any atom is -0.261 e. The Bertz CT molecular complexity index is 162. The maximum atomic E-state index is 4.17. The van der Waals surface area contributed by atoms with Gasteiger partial charge in [0.25, 0.3) is 0 Å². The van der Waals surface area contributed by atoms with Crippen molar-refractivity contribution in [3.63, 3.8) is 0 Å². The first-order valence-electron chi connectivity index (χ1n) is 3.33. The van der Waals surface area contributed by atoms with Crippen molar-refractivity contribution in [3.8, 4) is 0 Å². The molecule has 1 rings (SSSR count). The number of nitrogens with zero attached hydrogens (tertiary/aromatic N) is 1. The molecular weight excluding hydrogens is 237 g/mol. The molecule has 0 aliphatic heterocycles. The van der Waals surface area contributed by atoms with Gasteiger partial charge < -0.3 is 0 Å². The lowest BCUT2D eigenvalue weighted by Crippen LogP contribution is -1.84. The van der Waals surface area contributed by atoms with Crippen LogP contribution in [-0.4, -0.2) is 4.98 Å². The number of hydrogen-bond donors (Lipinski definition) is 0. The first-order valence-corrected chi connectivity index (χ1v) is 3.33. The minimum atomic E-state index is 0. The summed E-state index contributed by atoms with van der Waals surface area (Å²) in [4.78, 5) is 4.17. The molecule has 2 heteroatoms. The second-order valence-corrected chi connectivity index (χ2v) is 2.07. The molecule has 1 aromatic rings. The molecule has 0 bridgehead atoms. The number of rotatable bonds is 2. The van der Waals surface area contributed by atoms with E-state index in [0.29, 0.717) is 0 Å². The largest absolute Gasteiger partial charge is 0.261 e. The highest BCUT2D eigenvalue weighted by molar-refractivity contribution is 14.0. The van der Waals surface area contributed by atoms with Crippen LogP contribution in [0.25, 0.3) is 0 Å². The van der Waals surface area contributed by atoms with E-state index >= 15 is 0 Å². The average Bonchev–Trinajstić information content (AvgIpc) is 1.91. The normalized spacial score (nSPS) is 8.50. The van der Waals surface area contributed by atoms with Gasteiger partial charge in [-0.25, -0.2) is 0 Å². The number of hydrogen-bond acceptors (Lipinski definition) is 1. The van der Waals surface area contributed by atoms with Crippen LogP contribution in [0.5, 0.6) is 0 Å². The van der Waals surface area contributed by atoms with Crippen LogP contribution in [0.1, 0.15) is 19.0 Å². The second-order valence-electron chi connectivity index (χ2n) is 2.07. The lowest BCUT2D eigenvalue weighted by atomic mass is 10.2. The van der Waals surface area contributed by atoms with Crippen molar-refractivity contribution in [1.82, 2.24) is 4.98 Å². The van der Waals surface area contributed by atoms with Crippen LogP contribution in [0.3, 0.4) is 0 Å². The Morgan fingerprint density at radius 2 is 2.20 bits per heavy atom. The van der Waals surface area contributed by atoms with Crippen molar-refractivity contribution < 1.29 is 0 Å². The second kappa shape index (κ2) is 5.65. The van der Waals surface area contributed by atoms with Crippen LogP contribution < -0.4 is 0 Å². The molecule has 0 N–H and O–H groups in total. The number of pyridine rings is 1. The Balaban J connectivity index is 0.000000810. The van der Waals surface area contributed by atoms with Crippen LogP contribution >= 0.6 is 24.0 Å². The Morgan fingerprint density at radius 3 is 2.70 bits per heavy atom. The van der Waals surface area contributed by atoms with Crippen LogP contribution in [0.4, 0.5) is 0 Å². The van der Waals surface area contributed by atoms with E-state index in [9.17, 15) is 0 Å². The summed E-state index contributed by atoms with van der Waals surface area (Å²) in [6.45, 7) is 2.16. The SMILES string of the molecule is CCCc1ccccn1.I. The number of aryl methyl sites for hydroxylation is 1. The van der Waals surface area contributed by atoms with E-state index in [-0.39, 0.29) is 24.0 Å². The summed E-state index contributed by atoms with van der Waals surface area (Å²) in [7, 11) is 0. The molecule has 0 aliphatic rings. The third-order valence-electron chi connectivity index (χ3n) is 1.23. The molecule has 0 fully saturated rings. The van der Waals surface area contributed by atoms with Crippen LogP contribution in [0, 0.1) is 0 Å². The molecule has 0 saturated heterocycles. The Kier molecular flexibility index (Phi) is 5.58. The first kappa shape index (κ1) is 9.88. The topological polar surface area (TPSA) is 12.9 Å². The maximum Gasteiger partial charge on any atom is 0.0403 e. The molecule has 56 valence electrons. The number of aromatic nitrogens is 1. The van der Waals surface area contributed by atoms with Gasteiger partial charge >= 0.3 is 0 Å². The van der Waals surface area contributed by atoms with Crippen molar-refractivity contribution in [1.29, 1.82) is 0 Å². The molecule has 0 unspecified atom stereocenters. The number of halogens is 1. The zero-order valence-corrected chi connectivity index (χ0v) is 8.41. The first-order chi connectivity index (χ1) is 4.43. The Morgan fingerprint density at radius 1 is 1.40 bits per heavy atom. The van der Waals surface area contributed by atoms with Gasteiger partial charge in [-0.3, -0.25) is 4.98 Å². The monoisotopic (exact) mass is 249 g/mol. The molecule has 10 heavy (non-hydrogen) atoms. The predicted molar refractivity (Wildman–Crippen MR) is 53.6 cm³/mol. The van der Waals surface area contributed by atoms with Gasteiger partial charge in [0.1, 0.15) is 0 Å². The summed E-state index contributed by atoms with van der Waals surface area (Å²) in [5.74, 6) is 0. The standard InChI is InChI=1S/C8H11N.HI/c1-2-5-8-6-3-4-7-9-8;/h3-4,6-7H,2,5H2,1H3;1H. The van der Waals surface area contributed by atoms with Gasteiger partial charge in [-0.1, -0.05) is 19.4 Å². The van der Waals surface area contributed by atoms with Gasteiger partial charge in [0, 0.05) is 11.9 Å². The fraction of sp³-hybridized carbons (Fsp3) is 0.375. The van der Waals surface area contributed by atoms with Gasteiger partial charge in [-0.15, -0.1) is 24.0 Å². The molecule has 0 saturated carbocycles. The zero-order chi connectivity index (χ0) is 6.53. The minimum absolute atomic E-state index is 0. The third kappa shape index (κ3) is 3.15. The van der Waals surface area contributed by atoms with E-state index < -0.39 is 0 Å². The van der Waals surface area contributed by atoms with E-state index in [0.717, 1.165) is 6.42 Å². The van der Waals surface area contributed by atoms with Gasteiger partial charge in [0.05, 0.1) is 0 Å². The fourth-order valence-corrected chi connectivity index (χ4v) is 0.802. The van der Waals surface area contributed by atoms with Crippen molar-refractivity contribution in [2.75, 3.05) is 0 Å². The molecule has 0 amide bonds. The van der Waals surface area contributed by atoms with E-state index in [1.54, 1.807) is 0 Å². The molecule has 0 spiro atoms. The van der Waals surface area contributed by atoms with Crippen molar-refractivity contribution in [2.24, 2.45) is 0 Å². The van der Waals surface area contributed by atoms with Crippen molar-refractivity contribution in [2.45, 2.75) is 19.8 Å². The molecule has 0 radical (unpaired) electrons. The molecular formula is C8H12IN. The lowest BCUT2D eigenvalue weighted by Gasteiger charge is -1.92.